The molecule has 0 aromatic carbocycles. The highest BCUT2D eigenvalue weighted by Gasteiger charge is 2.15. The van der Waals surface area contributed by atoms with E-state index in [1.165, 1.54) is 0 Å². The number of rotatable bonds is 4. The second kappa shape index (κ2) is 5.23. The van der Waals surface area contributed by atoms with Gasteiger partial charge in [0.2, 0.25) is 0 Å². The second-order valence-corrected chi connectivity index (χ2v) is 4.55. The van der Waals surface area contributed by atoms with Crippen LogP contribution < -0.4 is 0 Å². The molecular weight excluding hydrogens is 181 g/mol. The van der Waals surface area contributed by atoms with E-state index in [0.29, 0.717) is 12.1 Å². The normalized spacial score (nSPS) is 12.5. The van der Waals surface area contributed by atoms with Gasteiger partial charge in [-0.25, -0.2) is 0 Å². The lowest BCUT2D eigenvalue weighted by Gasteiger charge is -2.30. The highest BCUT2D eigenvalue weighted by Crippen LogP contribution is 2.11. The van der Waals surface area contributed by atoms with Crippen LogP contribution in [0.3, 0.4) is 0 Å². The topological polar surface area (TPSA) is 3.24 Å². The third kappa shape index (κ3) is 4.89. The molecule has 0 aromatic heterocycles. The standard InChI is InChI=1S/C8H17Cl2N/c1-6(2)11(7(3)4)5-8(9)10/h6-8H,5H2,1-4H3. The fourth-order valence-corrected chi connectivity index (χ4v) is 1.50. The number of alkyl halides is 2. The molecule has 1 nitrogen and oxygen atoms in total. The highest BCUT2D eigenvalue weighted by molar-refractivity contribution is 6.44. The summed E-state index contributed by atoms with van der Waals surface area (Å²) in [6.45, 7) is 9.34. The molecule has 0 bridgehead atoms. The van der Waals surface area contributed by atoms with Crippen LogP contribution in [0.5, 0.6) is 0 Å². The summed E-state index contributed by atoms with van der Waals surface area (Å²) in [6, 6.07) is 1.02. The molecule has 0 atom stereocenters. The molecule has 0 amide bonds. The van der Waals surface area contributed by atoms with Crippen molar-refractivity contribution in [2.45, 2.75) is 44.6 Å². The van der Waals surface area contributed by atoms with Crippen LogP contribution in [0.2, 0.25) is 0 Å². The Bertz CT molecular complexity index is 94.3. The number of nitrogens with zero attached hydrogens (tertiary/aromatic N) is 1. The fraction of sp³-hybridized carbons (Fsp3) is 1.00. The van der Waals surface area contributed by atoms with Crippen LogP contribution in [-0.2, 0) is 0 Å². The van der Waals surface area contributed by atoms with E-state index in [1.54, 1.807) is 0 Å². The van der Waals surface area contributed by atoms with Gasteiger partial charge in [-0.1, -0.05) is 0 Å². The van der Waals surface area contributed by atoms with Crippen molar-refractivity contribution in [3.05, 3.63) is 0 Å². The minimum absolute atomic E-state index is 0.278. The van der Waals surface area contributed by atoms with E-state index in [0.717, 1.165) is 6.54 Å². The van der Waals surface area contributed by atoms with Gasteiger partial charge in [0.15, 0.2) is 0 Å². The zero-order valence-corrected chi connectivity index (χ0v) is 9.15. The Kier molecular flexibility index (Phi) is 5.49. The molecule has 0 aromatic rings. The van der Waals surface area contributed by atoms with Crippen LogP contribution in [-0.4, -0.2) is 28.4 Å². The predicted octanol–water partition coefficient (Wildman–Crippen LogP) is 2.91. The zero-order chi connectivity index (χ0) is 9.02. The summed E-state index contributed by atoms with van der Waals surface area (Å²) in [5, 5.41) is 0. The van der Waals surface area contributed by atoms with E-state index in [4.69, 9.17) is 23.2 Å². The van der Waals surface area contributed by atoms with Gasteiger partial charge in [-0.3, -0.25) is 4.90 Å². The molecule has 0 saturated heterocycles. The quantitative estimate of drug-likeness (QED) is 0.628. The maximum absolute atomic E-state index is 5.68. The molecule has 0 fully saturated rings. The lowest BCUT2D eigenvalue weighted by atomic mass is 10.2. The summed E-state index contributed by atoms with van der Waals surface area (Å²) in [5.74, 6) is 0. The van der Waals surface area contributed by atoms with Gasteiger partial charge in [0, 0.05) is 18.6 Å². The summed E-state index contributed by atoms with van der Waals surface area (Å²) in [5.41, 5.74) is 0. The van der Waals surface area contributed by atoms with Crippen LogP contribution in [0.4, 0.5) is 0 Å². The Labute approximate surface area is 79.7 Å². The van der Waals surface area contributed by atoms with Gasteiger partial charge in [-0.05, 0) is 27.7 Å². The van der Waals surface area contributed by atoms with Crippen molar-refractivity contribution < 1.29 is 0 Å². The van der Waals surface area contributed by atoms with Crippen molar-refractivity contribution in [1.29, 1.82) is 0 Å². The Balaban J connectivity index is 3.90. The highest BCUT2D eigenvalue weighted by atomic mass is 35.5. The second-order valence-electron chi connectivity index (χ2n) is 3.28. The van der Waals surface area contributed by atoms with Crippen molar-refractivity contribution in [1.82, 2.24) is 4.90 Å². The first kappa shape index (κ1) is 11.5. The third-order valence-corrected chi connectivity index (χ3v) is 1.95. The average Bonchev–Trinajstić information content (AvgIpc) is 1.81. The minimum atomic E-state index is -0.278. The van der Waals surface area contributed by atoms with Gasteiger partial charge in [0.1, 0.15) is 4.84 Å². The van der Waals surface area contributed by atoms with Crippen molar-refractivity contribution in [3.63, 3.8) is 0 Å². The van der Waals surface area contributed by atoms with Crippen molar-refractivity contribution in [2.75, 3.05) is 6.54 Å². The van der Waals surface area contributed by atoms with E-state index in [-0.39, 0.29) is 4.84 Å². The van der Waals surface area contributed by atoms with E-state index < -0.39 is 0 Å². The molecule has 0 saturated carbocycles. The third-order valence-electron chi connectivity index (χ3n) is 1.68. The maximum atomic E-state index is 5.68. The van der Waals surface area contributed by atoms with Crippen LogP contribution in [0, 0.1) is 0 Å². The summed E-state index contributed by atoms with van der Waals surface area (Å²) in [7, 11) is 0. The number of hydrogen-bond acceptors (Lipinski definition) is 1. The molecule has 0 aliphatic heterocycles. The first-order valence-corrected chi connectivity index (χ1v) is 4.86. The summed E-state index contributed by atoms with van der Waals surface area (Å²) in [6.07, 6.45) is 0. The molecule has 0 radical (unpaired) electrons. The molecular formula is C8H17Cl2N. The van der Waals surface area contributed by atoms with Crippen LogP contribution in [0.15, 0.2) is 0 Å². The van der Waals surface area contributed by atoms with Crippen molar-refractivity contribution in [3.8, 4) is 0 Å². The lowest BCUT2D eigenvalue weighted by molar-refractivity contribution is 0.183. The summed E-state index contributed by atoms with van der Waals surface area (Å²) >= 11 is 11.4. The van der Waals surface area contributed by atoms with Gasteiger partial charge in [0.25, 0.3) is 0 Å². The molecule has 0 aliphatic rings. The molecule has 0 spiro atoms. The van der Waals surface area contributed by atoms with Crippen LogP contribution in [0.25, 0.3) is 0 Å². The lowest BCUT2D eigenvalue weighted by Crippen LogP contribution is -2.39. The molecule has 0 heterocycles. The van der Waals surface area contributed by atoms with Gasteiger partial charge < -0.3 is 0 Å². The first-order chi connectivity index (χ1) is 4.95. The monoisotopic (exact) mass is 197 g/mol. The van der Waals surface area contributed by atoms with Gasteiger partial charge in [-0.15, -0.1) is 23.2 Å². The Hall–Kier alpha value is 0.540. The van der Waals surface area contributed by atoms with Crippen LogP contribution in [0.1, 0.15) is 27.7 Å². The average molecular weight is 198 g/mol. The van der Waals surface area contributed by atoms with E-state index >= 15 is 0 Å². The largest absolute Gasteiger partial charge is 0.296 e. The Morgan fingerprint density at radius 2 is 1.36 bits per heavy atom. The van der Waals surface area contributed by atoms with Gasteiger partial charge in [0.05, 0.1) is 0 Å². The Morgan fingerprint density at radius 1 is 1.00 bits per heavy atom. The number of halogens is 2. The molecule has 0 unspecified atom stereocenters. The smallest absolute Gasteiger partial charge is 0.120 e. The predicted molar refractivity (Wildman–Crippen MR) is 52.5 cm³/mol. The summed E-state index contributed by atoms with van der Waals surface area (Å²) in [4.78, 5) is 1.99. The van der Waals surface area contributed by atoms with Gasteiger partial charge >= 0.3 is 0 Å². The van der Waals surface area contributed by atoms with Crippen LogP contribution >= 0.6 is 23.2 Å². The van der Waals surface area contributed by atoms with Crippen molar-refractivity contribution in [2.24, 2.45) is 0 Å². The molecule has 3 heteroatoms. The van der Waals surface area contributed by atoms with Gasteiger partial charge in [-0.2, -0.15) is 0 Å². The molecule has 11 heavy (non-hydrogen) atoms. The number of hydrogen-bond donors (Lipinski definition) is 0. The Morgan fingerprint density at radius 3 is 1.45 bits per heavy atom. The fourth-order valence-electron chi connectivity index (χ4n) is 1.18. The van der Waals surface area contributed by atoms with E-state index in [1.807, 2.05) is 0 Å². The SMILES string of the molecule is CC(C)N(CC(Cl)Cl)C(C)C. The minimum Gasteiger partial charge on any atom is -0.296 e. The maximum Gasteiger partial charge on any atom is 0.120 e. The van der Waals surface area contributed by atoms with E-state index in [9.17, 15) is 0 Å². The zero-order valence-electron chi connectivity index (χ0n) is 7.64. The molecule has 0 N–H and O–H groups in total. The van der Waals surface area contributed by atoms with Crippen molar-refractivity contribution >= 4 is 23.2 Å². The van der Waals surface area contributed by atoms with E-state index in [2.05, 4.69) is 32.6 Å². The first-order valence-electron chi connectivity index (χ1n) is 3.99. The molecule has 0 aliphatic carbocycles. The molecule has 68 valence electrons. The molecule has 0 rings (SSSR count). The summed E-state index contributed by atoms with van der Waals surface area (Å²) < 4.78 is 0.